The van der Waals surface area contributed by atoms with Gasteiger partial charge in [0.15, 0.2) is 0 Å². The smallest absolute Gasteiger partial charge is 0.352 e. The molecule has 9 nitrogen and oxygen atoms in total. The van der Waals surface area contributed by atoms with E-state index in [-0.39, 0.29) is 31.4 Å². The second-order valence-electron chi connectivity index (χ2n) is 6.91. The molecule has 0 N–H and O–H groups in total. The van der Waals surface area contributed by atoms with Gasteiger partial charge in [-0.05, 0) is 51.0 Å². The van der Waals surface area contributed by atoms with Gasteiger partial charge in [0.05, 0.1) is 18.2 Å². The number of hydrogen-bond acceptors (Lipinski definition) is 6. The lowest BCUT2D eigenvalue weighted by Gasteiger charge is -2.31. The summed E-state index contributed by atoms with van der Waals surface area (Å²) in [5.41, 5.74) is -1.39. The van der Waals surface area contributed by atoms with Gasteiger partial charge in [-0.25, -0.2) is 4.79 Å². The van der Waals surface area contributed by atoms with Gasteiger partial charge in [0.25, 0.3) is 11.5 Å². The Morgan fingerprint density at radius 1 is 1.20 bits per heavy atom. The average molecular weight is 435 g/mol. The van der Waals surface area contributed by atoms with Crippen molar-refractivity contribution >= 4 is 23.5 Å². The van der Waals surface area contributed by atoms with Crippen LogP contribution in [0.5, 0.6) is 0 Å². The highest BCUT2D eigenvalue weighted by Gasteiger charge is 2.32. The van der Waals surface area contributed by atoms with E-state index < -0.39 is 23.1 Å². The van der Waals surface area contributed by atoms with Crippen LogP contribution in [0.3, 0.4) is 0 Å². The molecule has 0 bridgehead atoms. The second-order valence-corrected chi connectivity index (χ2v) is 7.35. The third-order valence-electron chi connectivity index (χ3n) is 4.98. The highest BCUT2D eigenvalue weighted by atomic mass is 35.5. The van der Waals surface area contributed by atoms with E-state index in [2.05, 4.69) is 5.10 Å². The van der Waals surface area contributed by atoms with Gasteiger partial charge in [-0.2, -0.15) is 9.78 Å². The minimum absolute atomic E-state index is 0.0828. The number of carbonyl (C=O) groups excluding carboxylic acids is 2. The number of amides is 1. The maximum absolute atomic E-state index is 13.1. The van der Waals surface area contributed by atoms with Crippen LogP contribution in [0.1, 0.15) is 37.2 Å². The normalized spacial score (nSPS) is 16.4. The van der Waals surface area contributed by atoms with Gasteiger partial charge < -0.3 is 9.64 Å². The third kappa shape index (κ3) is 4.30. The van der Waals surface area contributed by atoms with Gasteiger partial charge in [-0.15, -0.1) is 0 Å². The number of piperidine rings is 1. The molecule has 1 atom stereocenters. The van der Waals surface area contributed by atoms with Crippen LogP contribution < -0.4 is 11.2 Å². The summed E-state index contributed by atoms with van der Waals surface area (Å²) in [6.45, 7) is 4.24. The first kappa shape index (κ1) is 21.8. The Kier molecular flexibility index (Phi) is 6.71. The molecule has 1 unspecified atom stereocenters. The van der Waals surface area contributed by atoms with Crippen LogP contribution in [0.15, 0.2) is 33.9 Å². The van der Waals surface area contributed by atoms with Crippen molar-refractivity contribution in [2.75, 3.05) is 19.7 Å². The Morgan fingerprint density at radius 2 is 1.90 bits per heavy atom. The maximum Gasteiger partial charge on any atom is 0.352 e. The predicted octanol–water partition coefficient (Wildman–Crippen LogP) is 1.48. The molecule has 0 aliphatic carbocycles. The standard InChI is InChI=1S/C20H23ClN4O5/c1-3-24-18(27)16(22-25(20(24)29)15-9-7-14(21)8-10-15)17(26)23-11-5-6-13(12-23)19(28)30-4-2/h7-10,13H,3-6,11-12H2,1-2H3. The fourth-order valence-corrected chi connectivity index (χ4v) is 3.57. The number of benzene rings is 1. The Hall–Kier alpha value is -2.94. The first-order valence-electron chi connectivity index (χ1n) is 9.83. The average Bonchev–Trinajstić information content (AvgIpc) is 2.75. The first-order valence-corrected chi connectivity index (χ1v) is 10.2. The maximum atomic E-state index is 13.1. The van der Waals surface area contributed by atoms with E-state index in [4.69, 9.17) is 16.3 Å². The predicted molar refractivity (Wildman–Crippen MR) is 110 cm³/mol. The SMILES string of the molecule is CCOC(=O)C1CCCN(C(=O)c2nn(-c3ccc(Cl)cc3)c(=O)n(CC)c2=O)C1. The molecule has 10 heteroatoms. The summed E-state index contributed by atoms with van der Waals surface area (Å²) >= 11 is 5.91. The molecule has 1 aromatic carbocycles. The number of esters is 1. The summed E-state index contributed by atoms with van der Waals surface area (Å²) in [6, 6.07) is 6.32. The largest absolute Gasteiger partial charge is 0.466 e. The zero-order chi connectivity index (χ0) is 21.8. The highest BCUT2D eigenvalue weighted by molar-refractivity contribution is 6.30. The zero-order valence-corrected chi connectivity index (χ0v) is 17.6. The molecule has 1 aliphatic rings. The molecule has 160 valence electrons. The van der Waals surface area contributed by atoms with Crippen molar-refractivity contribution in [3.05, 3.63) is 55.8 Å². The lowest BCUT2D eigenvalue weighted by Crippen LogP contribution is -2.49. The summed E-state index contributed by atoms with van der Waals surface area (Å²) in [5.74, 6) is -1.42. The van der Waals surface area contributed by atoms with Crippen LogP contribution in [-0.4, -0.2) is 50.8 Å². The molecule has 30 heavy (non-hydrogen) atoms. The van der Waals surface area contributed by atoms with Crippen molar-refractivity contribution in [2.24, 2.45) is 5.92 Å². The van der Waals surface area contributed by atoms with E-state index in [1.54, 1.807) is 38.1 Å². The highest BCUT2D eigenvalue weighted by Crippen LogP contribution is 2.19. The number of rotatable bonds is 5. The number of aromatic nitrogens is 3. The van der Waals surface area contributed by atoms with Crippen molar-refractivity contribution in [1.29, 1.82) is 0 Å². The lowest BCUT2D eigenvalue weighted by atomic mass is 9.98. The molecule has 2 heterocycles. The zero-order valence-electron chi connectivity index (χ0n) is 16.8. The van der Waals surface area contributed by atoms with Crippen LogP contribution in [-0.2, 0) is 16.1 Å². The summed E-state index contributed by atoms with van der Waals surface area (Å²) in [4.78, 5) is 52.1. The minimum Gasteiger partial charge on any atom is -0.466 e. The number of ether oxygens (including phenoxy) is 1. The van der Waals surface area contributed by atoms with Gasteiger partial charge in [-0.1, -0.05) is 11.6 Å². The Morgan fingerprint density at radius 3 is 2.53 bits per heavy atom. The Bertz CT molecular complexity index is 1060. The van der Waals surface area contributed by atoms with Gasteiger partial charge in [-0.3, -0.25) is 19.0 Å². The van der Waals surface area contributed by atoms with Gasteiger partial charge in [0.1, 0.15) is 0 Å². The van der Waals surface area contributed by atoms with Crippen LogP contribution >= 0.6 is 11.6 Å². The summed E-state index contributed by atoms with van der Waals surface area (Å²) < 4.78 is 7.04. The van der Waals surface area contributed by atoms with E-state index in [9.17, 15) is 19.2 Å². The Labute approximate surface area is 177 Å². The molecule has 0 radical (unpaired) electrons. The first-order chi connectivity index (χ1) is 14.4. The van der Waals surface area contributed by atoms with Crippen LogP contribution in [0, 0.1) is 5.92 Å². The molecule has 0 saturated carbocycles. The van der Waals surface area contributed by atoms with E-state index in [1.807, 2.05) is 0 Å². The molecular weight excluding hydrogens is 412 g/mol. The summed E-state index contributed by atoms with van der Waals surface area (Å²) in [6.07, 6.45) is 1.22. The van der Waals surface area contributed by atoms with Crippen molar-refractivity contribution < 1.29 is 14.3 Å². The summed E-state index contributed by atoms with van der Waals surface area (Å²) in [7, 11) is 0. The molecule has 2 aromatic rings. The van der Waals surface area contributed by atoms with Gasteiger partial charge in [0.2, 0.25) is 5.69 Å². The fourth-order valence-electron chi connectivity index (χ4n) is 3.44. The fraction of sp³-hybridized carbons (Fsp3) is 0.450. The van der Waals surface area contributed by atoms with E-state index in [0.717, 1.165) is 9.25 Å². The van der Waals surface area contributed by atoms with E-state index >= 15 is 0 Å². The van der Waals surface area contributed by atoms with Crippen LogP contribution in [0.4, 0.5) is 0 Å². The van der Waals surface area contributed by atoms with Crippen molar-refractivity contribution in [3.63, 3.8) is 0 Å². The minimum atomic E-state index is -0.754. The second kappa shape index (κ2) is 9.25. The van der Waals surface area contributed by atoms with Crippen molar-refractivity contribution in [3.8, 4) is 5.69 Å². The number of hydrogen-bond donors (Lipinski definition) is 0. The molecule has 3 rings (SSSR count). The Balaban J connectivity index is 2.00. The summed E-state index contributed by atoms with van der Waals surface area (Å²) in [5, 5.41) is 4.56. The topological polar surface area (TPSA) is 104 Å². The quantitative estimate of drug-likeness (QED) is 0.660. The molecular formula is C20H23ClN4O5. The van der Waals surface area contributed by atoms with Crippen molar-refractivity contribution in [2.45, 2.75) is 33.2 Å². The molecule has 0 spiro atoms. The number of likely N-dealkylation sites (tertiary alicyclic amines) is 1. The number of carbonyl (C=O) groups is 2. The van der Waals surface area contributed by atoms with E-state index in [0.29, 0.717) is 30.1 Å². The third-order valence-corrected chi connectivity index (χ3v) is 5.23. The molecule has 1 saturated heterocycles. The number of halogens is 1. The van der Waals surface area contributed by atoms with E-state index in [1.165, 1.54) is 4.90 Å². The molecule has 1 fully saturated rings. The van der Waals surface area contributed by atoms with Crippen LogP contribution in [0.25, 0.3) is 5.69 Å². The van der Waals surface area contributed by atoms with Crippen molar-refractivity contribution in [1.82, 2.24) is 19.2 Å². The molecule has 1 aromatic heterocycles. The molecule has 1 amide bonds. The van der Waals surface area contributed by atoms with Gasteiger partial charge in [0, 0.05) is 24.7 Å². The monoisotopic (exact) mass is 434 g/mol. The molecule has 1 aliphatic heterocycles. The van der Waals surface area contributed by atoms with Gasteiger partial charge >= 0.3 is 11.7 Å². The van der Waals surface area contributed by atoms with Crippen LogP contribution in [0.2, 0.25) is 5.02 Å². The number of nitrogens with zero attached hydrogens (tertiary/aromatic N) is 4. The lowest BCUT2D eigenvalue weighted by molar-refractivity contribution is -0.149.